The Labute approximate surface area is 122 Å². The van der Waals surface area contributed by atoms with Crippen molar-refractivity contribution in [2.45, 2.75) is 19.1 Å². The zero-order valence-electron chi connectivity index (χ0n) is 11.5. The number of β-amino-alcohol motifs (C(OH)–C–C–N with tert-alkyl or cyclic N) is 1. The molecule has 0 saturated carbocycles. The van der Waals surface area contributed by atoms with E-state index in [1.165, 1.54) is 0 Å². The number of para-hydroxylation sites is 1. The lowest BCUT2D eigenvalue weighted by Crippen LogP contribution is -2.21. The minimum atomic E-state index is -0.967. The number of hydrogen-bond donors (Lipinski definition) is 2. The fraction of sp³-hybridized carbons (Fsp3) is 0.333. The van der Waals surface area contributed by atoms with E-state index in [0.717, 1.165) is 18.5 Å². The molecule has 1 aliphatic rings. The van der Waals surface area contributed by atoms with Gasteiger partial charge in [0.1, 0.15) is 0 Å². The maximum absolute atomic E-state index is 11.2. The molecule has 21 heavy (non-hydrogen) atoms. The third-order valence-electron chi connectivity index (χ3n) is 3.67. The van der Waals surface area contributed by atoms with E-state index >= 15 is 0 Å². The lowest BCUT2D eigenvalue weighted by molar-refractivity contribution is 0.0696. The molecule has 0 radical (unpaired) electrons. The lowest BCUT2D eigenvalue weighted by Gasteiger charge is -2.12. The Morgan fingerprint density at radius 2 is 2.19 bits per heavy atom. The van der Waals surface area contributed by atoms with Gasteiger partial charge in [-0.05, 0) is 18.6 Å². The summed E-state index contributed by atoms with van der Waals surface area (Å²) in [5, 5.41) is 23.0. The van der Waals surface area contributed by atoms with E-state index in [4.69, 9.17) is 0 Å². The number of aromatic nitrogens is 2. The van der Waals surface area contributed by atoms with E-state index in [0.29, 0.717) is 18.8 Å². The molecule has 1 aromatic carbocycles. The van der Waals surface area contributed by atoms with Gasteiger partial charge in [-0.15, -0.1) is 0 Å². The van der Waals surface area contributed by atoms with Crippen LogP contribution in [-0.4, -0.2) is 50.1 Å². The molecular weight excluding hydrogens is 270 g/mol. The molecule has 1 aromatic heterocycles. The average molecular weight is 287 g/mol. The van der Waals surface area contributed by atoms with E-state index in [9.17, 15) is 15.0 Å². The summed E-state index contributed by atoms with van der Waals surface area (Å²) in [6.07, 6.45) is 4.14. The number of aromatic carboxylic acids is 1. The topological polar surface area (TPSA) is 78.6 Å². The SMILES string of the molecule is O=C(O)c1ccccc1-n1cc(CN2CC[C@@H](O)C2)cn1. The normalized spacial score (nSPS) is 19.0. The number of rotatable bonds is 4. The Morgan fingerprint density at radius 3 is 2.90 bits per heavy atom. The van der Waals surface area contributed by atoms with Gasteiger partial charge >= 0.3 is 5.97 Å². The molecule has 2 aromatic rings. The van der Waals surface area contributed by atoms with Crippen LogP contribution < -0.4 is 0 Å². The summed E-state index contributed by atoms with van der Waals surface area (Å²) in [5.41, 5.74) is 1.78. The third-order valence-corrected chi connectivity index (χ3v) is 3.67. The first-order valence-electron chi connectivity index (χ1n) is 6.90. The molecule has 3 rings (SSSR count). The standard InChI is InChI=1S/C15H17N3O3/c19-12-5-6-17(10-12)8-11-7-16-18(9-11)14-4-2-1-3-13(14)15(20)21/h1-4,7,9,12,19H,5-6,8,10H2,(H,20,21)/t12-/m1/s1. The van der Waals surface area contributed by atoms with Crippen molar-refractivity contribution in [3.05, 3.63) is 47.8 Å². The van der Waals surface area contributed by atoms with Gasteiger partial charge < -0.3 is 10.2 Å². The van der Waals surface area contributed by atoms with Gasteiger partial charge in [0.2, 0.25) is 0 Å². The number of carboxylic acid groups (broad SMARTS) is 1. The summed E-state index contributed by atoms with van der Waals surface area (Å²) in [5.74, 6) is -0.967. The smallest absolute Gasteiger partial charge is 0.337 e. The number of benzene rings is 1. The largest absolute Gasteiger partial charge is 0.478 e. The van der Waals surface area contributed by atoms with Crippen LogP contribution in [0, 0.1) is 0 Å². The molecule has 110 valence electrons. The number of nitrogens with zero attached hydrogens (tertiary/aromatic N) is 3. The van der Waals surface area contributed by atoms with Crippen molar-refractivity contribution >= 4 is 5.97 Å². The van der Waals surface area contributed by atoms with E-state index in [-0.39, 0.29) is 11.7 Å². The van der Waals surface area contributed by atoms with Crippen molar-refractivity contribution in [2.24, 2.45) is 0 Å². The Hall–Kier alpha value is -2.18. The Balaban J connectivity index is 1.80. The van der Waals surface area contributed by atoms with Crippen molar-refractivity contribution in [1.29, 1.82) is 0 Å². The summed E-state index contributed by atoms with van der Waals surface area (Å²) >= 11 is 0. The van der Waals surface area contributed by atoms with Crippen LogP contribution in [-0.2, 0) is 6.54 Å². The van der Waals surface area contributed by atoms with Crippen LogP contribution in [0.15, 0.2) is 36.7 Å². The monoisotopic (exact) mass is 287 g/mol. The highest BCUT2D eigenvalue weighted by molar-refractivity contribution is 5.91. The second-order valence-corrected chi connectivity index (χ2v) is 5.29. The van der Waals surface area contributed by atoms with Gasteiger partial charge in [-0.1, -0.05) is 12.1 Å². The molecule has 2 N–H and O–H groups in total. The minimum absolute atomic E-state index is 0.226. The van der Waals surface area contributed by atoms with Crippen LogP contribution in [0.2, 0.25) is 0 Å². The van der Waals surface area contributed by atoms with Crippen molar-refractivity contribution in [3.8, 4) is 5.69 Å². The highest BCUT2D eigenvalue weighted by Gasteiger charge is 2.20. The predicted molar refractivity (Wildman–Crippen MR) is 76.4 cm³/mol. The molecule has 0 amide bonds. The van der Waals surface area contributed by atoms with Crippen LogP contribution in [0.1, 0.15) is 22.3 Å². The number of likely N-dealkylation sites (tertiary alicyclic amines) is 1. The summed E-state index contributed by atoms with van der Waals surface area (Å²) in [4.78, 5) is 13.4. The highest BCUT2D eigenvalue weighted by atomic mass is 16.4. The van der Waals surface area contributed by atoms with Gasteiger partial charge in [-0.3, -0.25) is 4.90 Å². The molecule has 1 aliphatic heterocycles. The first kappa shape index (κ1) is 13.8. The summed E-state index contributed by atoms with van der Waals surface area (Å²) in [6, 6.07) is 6.79. The van der Waals surface area contributed by atoms with E-state index < -0.39 is 5.97 Å². The minimum Gasteiger partial charge on any atom is -0.478 e. The van der Waals surface area contributed by atoms with Crippen molar-refractivity contribution in [2.75, 3.05) is 13.1 Å². The fourth-order valence-electron chi connectivity index (χ4n) is 2.64. The van der Waals surface area contributed by atoms with Crippen LogP contribution in [0.4, 0.5) is 0 Å². The molecule has 1 saturated heterocycles. The predicted octanol–water partition coefficient (Wildman–Crippen LogP) is 1.14. The summed E-state index contributed by atoms with van der Waals surface area (Å²) in [6.45, 7) is 2.27. The fourth-order valence-corrected chi connectivity index (χ4v) is 2.64. The van der Waals surface area contributed by atoms with Crippen molar-refractivity contribution in [3.63, 3.8) is 0 Å². The Kier molecular flexibility index (Phi) is 3.72. The number of carbonyl (C=O) groups is 1. The maximum atomic E-state index is 11.2. The lowest BCUT2D eigenvalue weighted by atomic mass is 10.2. The van der Waals surface area contributed by atoms with Crippen LogP contribution >= 0.6 is 0 Å². The molecule has 0 aliphatic carbocycles. The van der Waals surface area contributed by atoms with Gasteiger partial charge in [0.25, 0.3) is 0 Å². The van der Waals surface area contributed by atoms with Gasteiger partial charge in [-0.2, -0.15) is 5.10 Å². The van der Waals surface area contributed by atoms with E-state index in [2.05, 4.69) is 10.00 Å². The van der Waals surface area contributed by atoms with E-state index in [1.54, 1.807) is 35.1 Å². The molecule has 2 heterocycles. The molecular formula is C15H17N3O3. The Morgan fingerprint density at radius 1 is 1.38 bits per heavy atom. The molecule has 0 bridgehead atoms. The van der Waals surface area contributed by atoms with E-state index in [1.807, 2.05) is 6.20 Å². The van der Waals surface area contributed by atoms with Crippen LogP contribution in [0.3, 0.4) is 0 Å². The first-order valence-corrected chi connectivity index (χ1v) is 6.90. The van der Waals surface area contributed by atoms with Gasteiger partial charge in [-0.25, -0.2) is 9.48 Å². The van der Waals surface area contributed by atoms with Crippen LogP contribution in [0.25, 0.3) is 5.69 Å². The average Bonchev–Trinajstić information content (AvgIpc) is 3.08. The molecule has 6 nitrogen and oxygen atoms in total. The van der Waals surface area contributed by atoms with Gasteiger partial charge in [0.15, 0.2) is 0 Å². The molecule has 1 atom stereocenters. The molecule has 0 unspecified atom stereocenters. The van der Waals surface area contributed by atoms with Crippen LogP contribution in [0.5, 0.6) is 0 Å². The number of aliphatic hydroxyl groups excluding tert-OH is 1. The number of carboxylic acids is 1. The molecule has 6 heteroatoms. The quantitative estimate of drug-likeness (QED) is 0.881. The van der Waals surface area contributed by atoms with Crippen molar-refractivity contribution < 1.29 is 15.0 Å². The third kappa shape index (κ3) is 2.96. The Bertz CT molecular complexity index is 653. The summed E-state index contributed by atoms with van der Waals surface area (Å²) < 4.78 is 1.59. The molecule has 1 fully saturated rings. The zero-order valence-corrected chi connectivity index (χ0v) is 11.5. The van der Waals surface area contributed by atoms with Gasteiger partial charge in [0.05, 0.1) is 23.6 Å². The number of hydrogen-bond acceptors (Lipinski definition) is 4. The summed E-state index contributed by atoms with van der Waals surface area (Å²) in [7, 11) is 0. The van der Waals surface area contributed by atoms with Gasteiger partial charge in [0, 0.05) is 31.4 Å². The number of aliphatic hydroxyl groups is 1. The zero-order chi connectivity index (χ0) is 14.8. The van der Waals surface area contributed by atoms with Crippen molar-refractivity contribution in [1.82, 2.24) is 14.7 Å². The molecule has 0 spiro atoms. The second kappa shape index (κ2) is 5.67. The first-order chi connectivity index (χ1) is 10.1. The second-order valence-electron chi connectivity index (χ2n) is 5.29. The maximum Gasteiger partial charge on any atom is 0.337 e. The highest BCUT2D eigenvalue weighted by Crippen LogP contribution is 2.17.